The third-order valence-corrected chi connectivity index (χ3v) is 4.07. The van der Waals surface area contributed by atoms with Crippen LogP contribution in [-0.2, 0) is 4.79 Å². The lowest BCUT2D eigenvalue weighted by atomic mass is 9.71. The van der Waals surface area contributed by atoms with Crippen LogP contribution in [0.2, 0.25) is 0 Å². The minimum absolute atomic E-state index is 0.173. The van der Waals surface area contributed by atoms with Crippen molar-refractivity contribution in [2.75, 3.05) is 0 Å². The molecule has 94 valence electrons. The molecule has 0 aromatic carbocycles. The summed E-state index contributed by atoms with van der Waals surface area (Å²) in [4.78, 5) is 11.9. The standard InChI is InChI=1S/C14H27NO/c1-11(15-12(16)13(2,3)4)14(5)9-7-6-8-10-14/h11H,6-10H2,1-5H3,(H,15,16). The summed E-state index contributed by atoms with van der Waals surface area (Å²) in [7, 11) is 0. The number of amides is 1. The van der Waals surface area contributed by atoms with E-state index in [0.29, 0.717) is 11.5 Å². The number of carbonyl (C=O) groups excluding carboxylic acids is 1. The van der Waals surface area contributed by atoms with Gasteiger partial charge in [-0.15, -0.1) is 0 Å². The fraction of sp³-hybridized carbons (Fsp3) is 0.929. The lowest BCUT2D eigenvalue weighted by molar-refractivity contribution is -0.130. The molecule has 0 saturated heterocycles. The van der Waals surface area contributed by atoms with Crippen LogP contribution in [0.5, 0.6) is 0 Å². The largest absolute Gasteiger partial charge is 0.353 e. The number of rotatable bonds is 2. The van der Waals surface area contributed by atoms with E-state index in [1.165, 1.54) is 32.1 Å². The van der Waals surface area contributed by atoms with Crippen LogP contribution < -0.4 is 5.32 Å². The first-order valence-electron chi connectivity index (χ1n) is 6.57. The van der Waals surface area contributed by atoms with Gasteiger partial charge in [0, 0.05) is 11.5 Å². The average Bonchev–Trinajstić information content (AvgIpc) is 2.17. The Kier molecular flexibility index (Phi) is 4.03. The molecule has 0 aromatic rings. The van der Waals surface area contributed by atoms with Crippen molar-refractivity contribution in [1.29, 1.82) is 0 Å². The van der Waals surface area contributed by atoms with Crippen LogP contribution in [0.25, 0.3) is 0 Å². The van der Waals surface area contributed by atoms with Crippen molar-refractivity contribution in [2.24, 2.45) is 10.8 Å². The summed E-state index contributed by atoms with van der Waals surface area (Å²) in [6.07, 6.45) is 6.48. The van der Waals surface area contributed by atoms with Crippen LogP contribution in [0, 0.1) is 10.8 Å². The fourth-order valence-corrected chi connectivity index (χ4v) is 2.38. The van der Waals surface area contributed by atoms with Gasteiger partial charge in [-0.2, -0.15) is 0 Å². The zero-order valence-corrected chi connectivity index (χ0v) is 11.5. The lowest BCUT2D eigenvalue weighted by Crippen LogP contribution is -2.48. The quantitative estimate of drug-likeness (QED) is 0.765. The first-order chi connectivity index (χ1) is 7.26. The van der Waals surface area contributed by atoms with Crippen molar-refractivity contribution in [1.82, 2.24) is 5.32 Å². The van der Waals surface area contributed by atoms with Crippen LogP contribution in [-0.4, -0.2) is 11.9 Å². The molecule has 1 aliphatic carbocycles. The van der Waals surface area contributed by atoms with E-state index in [2.05, 4.69) is 19.2 Å². The highest BCUT2D eigenvalue weighted by atomic mass is 16.2. The molecule has 16 heavy (non-hydrogen) atoms. The number of carbonyl (C=O) groups is 1. The van der Waals surface area contributed by atoms with Gasteiger partial charge in [0.25, 0.3) is 0 Å². The monoisotopic (exact) mass is 225 g/mol. The third kappa shape index (κ3) is 3.23. The predicted octanol–water partition coefficient (Wildman–Crippen LogP) is 3.51. The Morgan fingerprint density at radius 3 is 2.12 bits per heavy atom. The first kappa shape index (κ1) is 13.5. The van der Waals surface area contributed by atoms with Gasteiger partial charge in [-0.1, -0.05) is 47.0 Å². The normalized spacial score (nSPS) is 22.6. The second kappa shape index (κ2) is 4.77. The summed E-state index contributed by atoms with van der Waals surface area (Å²) >= 11 is 0. The Bertz CT molecular complexity index is 246. The van der Waals surface area contributed by atoms with Gasteiger partial charge < -0.3 is 5.32 Å². The van der Waals surface area contributed by atoms with Crippen molar-refractivity contribution in [2.45, 2.75) is 72.8 Å². The van der Waals surface area contributed by atoms with Crippen LogP contribution in [0.4, 0.5) is 0 Å². The van der Waals surface area contributed by atoms with Crippen LogP contribution in [0.1, 0.15) is 66.7 Å². The van der Waals surface area contributed by atoms with E-state index in [4.69, 9.17) is 0 Å². The zero-order valence-electron chi connectivity index (χ0n) is 11.5. The SMILES string of the molecule is CC(NC(=O)C(C)(C)C)C1(C)CCCCC1. The van der Waals surface area contributed by atoms with E-state index in [1.54, 1.807) is 0 Å². The first-order valence-corrected chi connectivity index (χ1v) is 6.57. The molecule has 0 spiro atoms. The summed E-state index contributed by atoms with van der Waals surface area (Å²) in [5, 5.41) is 3.19. The molecular weight excluding hydrogens is 198 g/mol. The highest BCUT2D eigenvalue weighted by Crippen LogP contribution is 2.38. The molecule has 1 amide bonds. The van der Waals surface area contributed by atoms with Crippen molar-refractivity contribution < 1.29 is 4.79 Å². The Morgan fingerprint density at radius 2 is 1.69 bits per heavy atom. The maximum Gasteiger partial charge on any atom is 0.225 e. The van der Waals surface area contributed by atoms with Gasteiger partial charge in [-0.3, -0.25) is 4.79 Å². The summed E-state index contributed by atoms with van der Waals surface area (Å²) in [6, 6.07) is 0.291. The van der Waals surface area contributed by atoms with E-state index in [-0.39, 0.29) is 11.3 Å². The molecule has 2 nitrogen and oxygen atoms in total. The molecule has 2 heteroatoms. The Balaban J connectivity index is 2.57. The highest BCUT2D eigenvalue weighted by Gasteiger charge is 2.35. The molecule has 1 unspecified atom stereocenters. The van der Waals surface area contributed by atoms with Gasteiger partial charge in [0.05, 0.1) is 0 Å². The van der Waals surface area contributed by atoms with Gasteiger partial charge in [0.2, 0.25) is 5.91 Å². The van der Waals surface area contributed by atoms with E-state index in [0.717, 1.165) is 0 Å². The van der Waals surface area contributed by atoms with Crippen LogP contribution in [0.15, 0.2) is 0 Å². The van der Waals surface area contributed by atoms with Crippen molar-refractivity contribution in [3.8, 4) is 0 Å². The summed E-state index contributed by atoms with van der Waals surface area (Å²) in [5.41, 5.74) is 0.0262. The molecule has 0 bridgehead atoms. The topological polar surface area (TPSA) is 29.1 Å². The molecule has 0 aromatic heterocycles. The van der Waals surface area contributed by atoms with Gasteiger partial charge >= 0.3 is 0 Å². The minimum Gasteiger partial charge on any atom is -0.353 e. The van der Waals surface area contributed by atoms with Gasteiger partial charge in [-0.25, -0.2) is 0 Å². The van der Waals surface area contributed by atoms with Gasteiger partial charge in [0.15, 0.2) is 0 Å². The molecule has 0 radical (unpaired) electrons. The summed E-state index contributed by atoms with van der Waals surface area (Å²) in [5.74, 6) is 0.173. The Labute approximate surface area is 100 Å². The molecule has 1 rings (SSSR count). The average molecular weight is 225 g/mol. The van der Waals surface area contributed by atoms with Crippen molar-refractivity contribution in [3.05, 3.63) is 0 Å². The summed E-state index contributed by atoms with van der Waals surface area (Å²) < 4.78 is 0. The molecule has 0 aliphatic heterocycles. The second-order valence-corrected chi connectivity index (χ2v) is 6.66. The maximum atomic E-state index is 11.9. The molecular formula is C14H27NO. The fourth-order valence-electron chi connectivity index (χ4n) is 2.38. The molecule has 0 heterocycles. The van der Waals surface area contributed by atoms with E-state index < -0.39 is 0 Å². The number of nitrogens with one attached hydrogen (secondary N) is 1. The van der Waals surface area contributed by atoms with E-state index >= 15 is 0 Å². The predicted molar refractivity (Wildman–Crippen MR) is 68.3 cm³/mol. The number of hydrogen-bond donors (Lipinski definition) is 1. The van der Waals surface area contributed by atoms with Crippen molar-refractivity contribution in [3.63, 3.8) is 0 Å². The lowest BCUT2D eigenvalue weighted by Gasteiger charge is -2.40. The number of hydrogen-bond acceptors (Lipinski definition) is 1. The molecule has 1 saturated carbocycles. The smallest absolute Gasteiger partial charge is 0.225 e. The van der Waals surface area contributed by atoms with E-state index in [1.807, 2.05) is 20.8 Å². The molecule has 1 N–H and O–H groups in total. The summed E-state index contributed by atoms with van der Waals surface area (Å²) in [6.45, 7) is 10.4. The van der Waals surface area contributed by atoms with Crippen LogP contribution in [0.3, 0.4) is 0 Å². The van der Waals surface area contributed by atoms with E-state index in [9.17, 15) is 4.79 Å². The third-order valence-electron chi connectivity index (χ3n) is 4.07. The second-order valence-electron chi connectivity index (χ2n) is 6.66. The highest BCUT2D eigenvalue weighted by molar-refractivity contribution is 5.81. The molecule has 1 fully saturated rings. The minimum atomic E-state index is -0.278. The Hall–Kier alpha value is -0.530. The Morgan fingerprint density at radius 1 is 1.19 bits per heavy atom. The molecule has 1 aliphatic rings. The van der Waals surface area contributed by atoms with Gasteiger partial charge in [-0.05, 0) is 25.2 Å². The van der Waals surface area contributed by atoms with Crippen LogP contribution >= 0.6 is 0 Å². The van der Waals surface area contributed by atoms with Crippen molar-refractivity contribution >= 4 is 5.91 Å². The zero-order chi connectivity index (χ0) is 12.4. The van der Waals surface area contributed by atoms with Gasteiger partial charge in [0.1, 0.15) is 0 Å². The maximum absolute atomic E-state index is 11.9. The molecule has 1 atom stereocenters.